The van der Waals surface area contributed by atoms with Crippen molar-refractivity contribution in [2.75, 3.05) is 18.4 Å². The van der Waals surface area contributed by atoms with Gasteiger partial charge in [-0.3, -0.25) is 19.0 Å². The van der Waals surface area contributed by atoms with E-state index in [0.29, 0.717) is 48.0 Å². The van der Waals surface area contributed by atoms with Crippen LogP contribution in [0.2, 0.25) is 5.02 Å². The molecule has 0 bridgehead atoms. The maximum Gasteiger partial charge on any atom is 0.410 e. The van der Waals surface area contributed by atoms with Gasteiger partial charge in [0.25, 0.3) is 5.56 Å². The fourth-order valence-corrected chi connectivity index (χ4v) is 3.78. The van der Waals surface area contributed by atoms with Crippen molar-refractivity contribution in [1.82, 2.24) is 14.5 Å². The first kappa shape index (κ1) is 31.0. The van der Waals surface area contributed by atoms with Crippen LogP contribution < -0.4 is 16.6 Å². The number of anilines is 1. The molecule has 12 heteroatoms. The number of hydrogen-bond acceptors (Lipinski definition) is 6. The topological polar surface area (TPSA) is 137 Å². The molecule has 1 fully saturated rings. The maximum atomic E-state index is 14.7. The Kier molecular flexibility index (Phi) is 11.6. The molecule has 0 aliphatic carbocycles. The molecule has 1 aliphatic heterocycles. The third kappa shape index (κ3) is 9.86. The average molecular weight is 560 g/mol. The predicted octanol–water partition coefficient (Wildman–Crippen LogP) is 4.11. The zero-order valence-corrected chi connectivity index (χ0v) is 22.6. The normalized spacial score (nSPS) is 14.2. The van der Waals surface area contributed by atoms with Crippen LogP contribution in [0.3, 0.4) is 0 Å². The summed E-state index contributed by atoms with van der Waals surface area (Å²) in [6.45, 7) is 6.43. The molecule has 39 heavy (non-hydrogen) atoms. The van der Waals surface area contributed by atoms with Gasteiger partial charge in [0.05, 0.1) is 10.7 Å². The zero-order valence-electron chi connectivity index (χ0n) is 21.8. The molecule has 3 aromatic rings. The number of rotatable bonds is 4. The second-order valence-corrected chi connectivity index (χ2v) is 9.72. The quantitative estimate of drug-likeness (QED) is 0.462. The van der Waals surface area contributed by atoms with E-state index in [9.17, 15) is 18.8 Å². The fraction of sp³-hybridized carbons (Fsp3) is 0.296. The van der Waals surface area contributed by atoms with Crippen molar-refractivity contribution in [1.29, 1.82) is 0 Å². The van der Waals surface area contributed by atoms with Crippen molar-refractivity contribution in [3.8, 4) is 5.69 Å². The number of halogens is 2. The van der Waals surface area contributed by atoms with Crippen molar-refractivity contribution in [3.05, 3.63) is 87.7 Å². The van der Waals surface area contributed by atoms with E-state index in [1.54, 1.807) is 47.5 Å². The second-order valence-electron chi connectivity index (χ2n) is 9.29. The lowest BCUT2D eigenvalue weighted by atomic mass is 9.97. The van der Waals surface area contributed by atoms with E-state index in [4.69, 9.17) is 21.1 Å². The van der Waals surface area contributed by atoms with Crippen LogP contribution in [-0.4, -0.2) is 52.1 Å². The van der Waals surface area contributed by atoms with Crippen molar-refractivity contribution >= 4 is 36.3 Å². The van der Waals surface area contributed by atoms with Crippen LogP contribution in [0.5, 0.6) is 0 Å². The number of pyridine rings is 2. The van der Waals surface area contributed by atoms with Crippen molar-refractivity contribution < 1.29 is 23.5 Å². The van der Waals surface area contributed by atoms with E-state index >= 15 is 0 Å². The van der Waals surface area contributed by atoms with E-state index in [-0.39, 0.29) is 29.8 Å². The Morgan fingerprint density at radius 1 is 1.21 bits per heavy atom. The summed E-state index contributed by atoms with van der Waals surface area (Å²) in [5.41, 5.74) is 4.45. The van der Waals surface area contributed by atoms with Gasteiger partial charge < -0.3 is 20.7 Å². The first-order chi connectivity index (χ1) is 18.5. The molecule has 3 N–H and O–H groups in total. The molecule has 1 saturated heterocycles. The van der Waals surface area contributed by atoms with Crippen LogP contribution in [0.4, 0.5) is 15.0 Å². The Morgan fingerprint density at radius 3 is 2.49 bits per heavy atom. The summed E-state index contributed by atoms with van der Waals surface area (Å²) in [5.74, 6) is 0.0535. The van der Waals surface area contributed by atoms with Gasteiger partial charge in [-0.2, -0.15) is 0 Å². The Balaban J connectivity index is 0.000000341. The van der Waals surface area contributed by atoms with E-state index < -0.39 is 5.60 Å². The first-order valence-corrected chi connectivity index (χ1v) is 12.3. The van der Waals surface area contributed by atoms with Crippen LogP contribution >= 0.6 is 11.6 Å². The number of carbonyl (C=O) groups excluding carboxylic acids is 3. The van der Waals surface area contributed by atoms with Gasteiger partial charge >= 0.3 is 6.09 Å². The summed E-state index contributed by atoms with van der Waals surface area (Å²) in [6, 6.07) is 12.9. The van der Waals surface area contributed by atoms with Gasteiger partial charge in [0.15, 0.2) is 0 Å². The highest BCUT2D eigenvalue weighted by Crippen LogP contribution is 2.30. The third-order valence-electron chi connectivity index (χ3n) is 5.30. The summed E-state index contributed by atoms with van der Waals surface area (Å²) in [6.07, 6.45) is 4.20. The fourth-order valence-electron chi connectivity index (χ4n) is 3.67. The maximum absolute atomic E-state index is 14.7. The number of aromatic nitrogens is 2. The molecule has 1 unspecified atom stereocenters. The van der Waals surface area contributed by atoms with E-state index in [0.717, 1.165) is 0 Å². The van der Waals surface area contributed by atoms with Crippen LogP contribution in [0, 0.1) is 5.82 Å². The Hall–Kier alpha value is -4.25. The first-order valence-electron chi connectivity index (χ1n) is 11.9. The Bertz CT molecular complexity index is 1310. The number of amides is 3. The van der Waals surface area contributed by atoms with Crippen molar-refractivity contribution in [3.63, 3.8) is 0 Å². The van der Waals surface area contributed by atoms with Gasteiger partial charge in [-0.1, -0.05) is 23.7 Å². The number of likely N-dealkylation sites (tertiary alicyclic amines) is 1. The molecular weight excluding hydrogens is 529 g/mol. The molecule has 10 nitrogen and oxygen atoms in total. The van der Waals surface area contributed by atoms with Gasteiger partial charge in [-0.25, -0.2) is 14.2 Å². The molecule has 208 valence electrons. The van der Waals surface area contributed by atoms with Crippen molar-refractivity contribution in [2.24, 2.45) is 5.73 Å². The van der Waals surface area contributed by atoms with E-state index in [2.05, 4.69) is 16.0 Å². The molecule has 1 atom stereocenters. The number of nitrogens with zero attached hydrogens (tertiary/aromatic N) is 3. The number of nitrogens with one attached hydrogen (secondary N) is 1. The highest BCUT2D eigenvalue weighted by atomic mass is 35.5. The van der Waals surface area contributed by atoms with Crippen LogP contribution in [0.1, 0.15) is 38.7 Å². The lowest BCUT2D eigenvalue weighted by molar-refractivity contribution is -0.107. The second kappa shape index (κ2) is 14.6. The molecule has 2 aromatic heterocycles. The van der Waals surface area contributed by atoms with Gasteiger partial charge in [0.1, 0.15) is 17.2 Å². The van der Waals surface area contributed by atoms with Crippen LogP contribution in [0.25, 0.3) is 5.69 Å². The molecule has 1 aliphatic rings. The lowest BCUT2D eigenvalue weighted by Gasteiger charge is -2.24. The molecule has 0 radical (unpaired) electrons. The van der Waals surface area contributed by atoms with Crippen LogP contribution in [-0.2, 0) is 14.3 Å². The number of nitrogens with two attached hydrogens (primary N) is 1. The molecule has 4 rings (SSSR count). The van der Waals surface area contributed by atoms with E-state index in [1.165, 1.54) is 22.9 Å². The molecule has 3 amide bonds. The molecule has 3 heterocycles. The lowest BCUT2D eigenvalue weighted by Crippen LogP contribution is -2.35. The van der Waals surface area contributed by atoms with Gasteiger partial charge in [-0.05, 0) is 63.1 Å². The molecular formula is C27H31ClFN5O5. The smallest absolute Gasteiger partial charge is 0.410 e. The number of ether oxygens (including phenoxy) is 1. The number of hydrogen-bond donors (Lipinski definition) is 2. The predicted molar refractivity (Wildman–Crippen MR) is 146 cm³/mol. The largest absolute Gasteiger partial charge is 0.444 e. The third-order valence-corrected chi connectivity index (χ3v) is 5.52. The summed E-state index contributed by atoms with van der Waals surface area (Å²) in [4.78, 5) is 47.9. The number of primary amides is 1. The minimum absolute atomic E-state index is 0.0796. The van der Waals surface area contributed by atoms with Gasteiger partial charge in [0.2, 0.25) is 12.8 Å². The van der Waals surface area contributed by atoms with Gasteiger partial charge in [-0.15, -0.1) is 0 Å². The Labute approximate surface area is 230 Å². The minimum atomic E-state index is -0.551. The summed E-state index contributed by atoms with van der Waals surface area (Å²) < 4.78 is 21.4. The minimum Gasteiger partial charge on any atom is -0.444 e. The van der Waals surface area contributed by atoms with E-state index in [1.807, 2.05) is 20.8 Å². The molecule has 1 aromatic carbocycles. The molecule has 0 saturated carbocycles. The monoisotopic (exact) mass is 559 g/mol. The molecule has 0 spiro atoms. The highest BCUT2D eigenvalue weighted by molar-refractivity contribution is 6.30. The number of benzene rings is 1. The summed E-state index contributed by atoms with van der Waals surface area (Å²) >= 11 is 5.53. The highest BCUT2D eigenvalue weighted by Gasteiger charge is 2.31. The SMILES string of the molecule is CC(C)(C)OC(=O)N1CCC(c2ccc(-n3ccccc3=O)cc2F)C1.NC=O.O=CNc1ccc(Cl)cn1. The standard InChI is InChI=1S/C20H23FN2O3.C6H5ClN2O.CH3NO/c1-20(2,3)26-19(25)22-11-9-14(13-22)16-8-7-15(12-17(16)21)23-10-5-4-6-18(23)24;7-5-1-2-6(8-3-5)9-4-10;2-1-3/h4-8,10,12,14H,9,11,13H2,1-3H3;1-4H,(H,8,9,10);1H,(H2,2,3). The average Bonchev–Trinajstić information content (AvgIpc) is 3.36. The van der Waals surface area contributed by atoms with Crippen molar-refractivity contribution in [2.45, 2.75) is 38.7 Å². The number of carbonyl (C=O) groups is 3. The Morgan fingerprint density at radius 2 is 1.92 bits per heavy atom. The summed E-state index contributed by atoms with van der Waals surface area (Å²) in [5, 5.41) is 2.94. The van der Waals surface area contributed by atoms with Gasteiger partial charge in [0, 0.05) is 37.5 Å². The summed E-state index contributed by atoms with van der Waals surface area (Å²) in [7, 11) is 0. The van der Waals surface area contributed by atoms with Crippen LogP contribution in [0.15, 0.2) is 65.7 Å². The zero-order chi connectivity index (χ0) is 29.0.